The van der Waals surface area contributed by atoms with Crippen LogP contribution < -0.4 is 0 Å². The van der Waals surface area contributed by atoms with Crippen LogP contribution in [0.15, 0.2) is 30.3 Å². The number of aliphatic hydroxyl groups excluding tert-OH is 1. The van der Waals surface area contributed by atoms with Gasteiger partial charge < -0.3 is 5.11 Å². The molecular formula is C15H19NO. The number of rotatable bonds is 4. The third-order valence-corrected chi connectivity index (χ3v) is 3.91. The molecule has 0 bridgehead atoms. The molecule has 1 saturated carbocycles. The van der Waals surface area contributed by atoms with Crippen molar-refractivity contribution in [2.24, 2.45) is 5.41 Å². The molecule has 0 amide bonds. The van der Waals surface area contributed by atoms with Gasteiger partial charge in [0.05, 0.1) is 17.6 Å². The topological polar surface area (TPSA) is 44.0 Å². The largest absolute Gasteiger partial charge is 0.391 e. The van der Waals surface area contributed by atoms with Crippen molar-refractivity contribution in [3.8, 4) is 6.07 Å². The molecule has 1 aliphatic carbocycles. The van der Waals surface area contributed by atoms with Gasteiger partial charge in [0.2, 0.25) is 0 Å². The molecule has 0 spiro atoms. The van der Waals surface area contributed by atoms with Gasteiger partial charge in [-0.2, -0.15) is 5.26 Å². The molecule has 1 aromatic carbocycles. The highest BCUT2D eigenvalue weighted by Gasteiger charge is 2.40. The van der Waals surface area contributed by atoms with E-state index in [1.54, 1.807) is 0 Å². The fourth-order valence-electron chi connectivity index (χ4n) is 2.75. The Kier molecular flexibility index (Phi) is 3.81. The Hall–Kier alpha value is -1.33. The quantitative estimate of drug-likeness (QED) is 0.862. The number of hydrogen-bond acceptors (Lipinski definition) is 2. The Morgan fingerprint density at radius 1 is 1.24 bits per heavy atom. The van der Waals surface area contributed by atoms with E-state index in [2.05, 4.69) is 18.2 Å². The molecule has 0 saturated heterocycles. The van der Waals surface area contributed by atoms with Crippen LogP contribution in [-0.2, 0) is 6.42 Å². The van der Waals surface area contributed by atoms with Gasteiger partial charge in [-0.25, -0.2) is 0 Å². The molecule has 1 fully saturated rings. The average molecular weight is 229 g/mol. The maximum atomic E-state index is 10.2. The van der Waals surface area contributed by atoms with Gasteiger partial charge in [-0.05, 0) is 31.2 Å². The summed E-state index contributed by atoms with van der Waals surface area (Å²) in [6.07, 6.45) is 4.95. The van der Waals surface area contributed by atoms with Gasteiger partial charge in [-0.1, -0.05) is 43.2 Å². The number of benzene rings is 1. The van der Waals surface area contributed by atoms with E-state index in [4.69, 9.17) is 0 Å². The molecule has 2 heteroatoms. The normalized spacial score (nSPS) is 19.8. The van der Waals surface area contributed by atoms with Crippen LogP contribution in [0.4, 0.5) is 0 Å². The monoisotopic (exact) mass is 229 g/mol. The van der Waals surface area contributed by atoms with E-state index in [1.807, 2.05) is 18.2 Å². The van der Waals surface area contributed by atoms with Crippen molar-refractivity contribution in [2.75, 3.05) is 0 Å². The predicted molar refractivity (Wildman–Crippen MR) is 67.3 cm³/mol. The summed E-state index contributed by atoms with van der Waals surface area (Å²) in [5.41, 5.74) is 0.770. The Balaban J connectivity index is 1.93. The van der Waals surface area contributed by atoms with Crippen molar-refractivity contribution < 1.29 is 5.11 Å². The molecule has 2 nitrogen and oxygen atoms in total. The van der Waals surface area contributed by atoms with Gasteiger partial charge in [0.1, 0.15) is 0 Å². The van der Waals surface area contributed by atoms with Crippen molar-refractivity contribution in [1.29, 1.82) is 5.26 Å². The minimum atomic E-state index is -0.477. The number of aliphatic hydroxyl groups is 1. The highest BCUT2D eigenvalue weighted by atomic mass is 16.3. The highest BCUT2D eigenvalue weighted by Crippen LogP contribution is 2.41. The zero-order chi connectivity index (χ0) is 12.1. The summed E-state index contributed by atoms with van der Waals surface area (Å²) in [5.74, 6) is 0. The smallest absolute Gasteiger partial charge is 0.0832 e. The first kappa shape index (κ1) is 12.1. The van der Waals surface area contributed by atoms with Crippen LogP contribution in [0, 0.1) is 16.7 Å². The molecule has 0 radical (unpaired) electrons. The van der Waals surface area contributed by atoms with E-state index in [9.17, 15) is 10.4 Å². The second kappa shape index (κ2) is 5.33. The summed E-state index contributed by atoms with van der Waals surface area (Å²) in [6, 6.07) is 12.5. The fraction of sp³-hybridized carbons (Fsp3) is 0.533. The van der Waals surface area contributed by atoms with Gasteiger partial charge in [0.25, 0.3) is 0 Å². The first-order valence-corrected chi connectivity index (χ1v) is 6.40. The Bertz CT molecular complexity index is 387. The number of hydrogen-bond donors (Lipinski definition) is 1. The summed E-state index contributed by atoms with van der Waals surface area (Å²) in [4.78, 5) is 0. The first-order chi connectivity index (χ1) is 8.27. The Morgan fingerprint density at radius 3 is 2.47 bits per heavy atom. The van der Waals surface area contributed by atoms with Gasteiger partial charge in [0.15, 0.2) is 0 Å². The summed E-state index contributed by atoms with van der Waals surface area (Å²) < 4.78 is 0. The summed E-state index contributed by atoms with van der Waals surface area (Å²) in [5, 5.41) is 19.5. The lowest BCUT2D eigenvalue weighted by atomic mass is 9.79. The molecule has 1 N–H and O–H groups in total. The van der Waals surface area contributed by atoms with Crippen LogP contribution in [0.25, 0.3) is 0 Å². The zero-order valence-electron chi connectivity index (χ0n) is 10.1. The molecule has 1 unspecified atom stereocenters. The third-order valence-electron chi connectivity index (χ3n) is 3.91. The fourth-order valence-corrected chi connectivity index (χ4v) is 2.75. The lowest BCUT2D eigenvalue weighted by molar-refractivity contribution is 0.0603. The van der Waals surface area contributed by atoms with Crippen molar-refractivity contribution in [3.63, 3.8) is 0 Å². The molecule has 0 heterocycles. The van der Waals surface area contributed by atoms with Crippen LogP contribution in [-0.4, -0.2) is 11.2 Å². The minimum Gasteiger partial charge on any atom is -0.391 e. The van der Waals surface area contributed by atoms with E-state index in [0.29, 0.717) is 6.42 Å². The van der Waals surface area contributed by atoms with E-state index >= 15 is 0 Å². The van der Waals surface area contributed by atoms with E-state index in [0.717, 1.165) is 32.1 Å². The highest BCUT2D eigenvalue weighted by molar-refractivity contribution is 5.15. The number of nitriles is 1. The van der Waals surface area contributed by atoms with Crippen LogP contribution in [0.5, 0.6) is 0 Å². The maximum Gasteiger partial charge on any atom is 0.0832 e. The van der Waals surface area contributed by atoms with Crippen molar-refractivity contribution >= 4 is 0 Å². The second-order valence-electron chi connectivity index (χ2n) is 5.02. The Labute approximate surface area is 103 Å². The van der Waals surface area contributed by atoms with Gasteiger partial charge in [0, 0.05) is 0 Å². The standard InChI is InChI=1S/C15H19NO/c16-12-15(10-4-5-11-15)14(17)9-8-13-6-2-1-3-7-13/h1-3,6-7,14,17H,4-5,8-11H2. The van der Waals surface area contributed by atoms with E-state index in [1.165, 1.54) is 5.56 Å². The zero-order valence-corrected chi connectivity index (χ0v) is 10.1. The van der Waals surface area contributed by atoms with E-state index < -0.39 is 11.5 Å². The lowest BCUT2D eigenvalue weighted by Gasteiger charge is -2.26. The van der Waals surface area contributed by atoms with Gasteiger partial charge in [-0.3, -0.25) is 0 Å². The van der Waals surface area contributed by atoms with Crippen molar-refractivity contribution in [1.82, 2.24) is 0 Å². The minimum absolute atomic E-state index is 0.464. The predicted octanol–water partition coefficient (Wildman–Crippen LogP) is 3.06. The summed E-state index contributed by atoms with van der Waals surface area (Å²) in [6.45, 7) is 0. The summed E-state index contributed by atoms with van der Waals surface area (Å²) >= 11 is 0. The van der Waals surface area contributed by atoms with Gasteiger partial charge >= 0.3 is 0 Å². The van der Waals surface area contributed by atoms with Crippen LogP contribution in [0.3, 0.4) is 0 Å². The average Bonchev–Trinajstić information content (AvgIpc) is 2.87. The second-order valence-corrected chi connectivity index (χ2v) is 5.02. The molecule has 2 rings (SSSR count). The van der Waals surface area contributed by atoms with Crippen LogP contribution >= 0.6 is 0 Å². The molecular weight excluding hydrogens is 210 g/mol. The van der Waals surface area contributed by atoms with Crippen LogP contribution in [0.2, 0.25) is 0 Å². The molecule has 1 atom stereocenters. The molecule has 90 valence electrons. The molecule has 1 aromatic rings. The summed E-state index contributed by atoms with van der Waals surface area (Å²) in [7, 11) is 0. The molecule has 17 heavy (non-hydrogen) atoms. The molecule has 0 aromatic heterocycles. The lowest BCUT2D eigenvalue weighted by Crippen LogP contribution is -2.31. The van der Waals surface area contributed by atoms with Gasteiger partial charge in [-0.15, -0.1) is 0 Å². The molecule has 1 aliphatic rings. The molecule has 0 aliphatic heterocycles. The van der Waals surface area contributed by atoms with Crippen molar-refractivity contribution in [3.05, 3.63) is 35.9 Å². The number of nitrogens with zero attached hydrogens (tertiary/aromatic N) is 1. The third kappa shape index (κ3) is 2.68. The van der Waals surface area contributed by atoms with Crippen molar-refractivity contribution in [2.45, 2.75) is 44.6 Å². The van der Waals surface area contributed by atoms with E-state index in [-0.39, 0.29) is 0 Å². The SMILES string of the molecule is N#CC1(C(O)CCc2ccccc2)CCCC1. The Morgan fingerprint density at radius 2 is 1.88 bits per heavy atom. The maximum absolute atomic E-state index is 10.2. The first-order valence-electron chi connectivity index (χ1n) is 6.40. The van der Waals surface area contributed by atoms with Crippen LogP contribution in [0.1, 0.15) is 37.7 Å². The number of aryl methyl sites for hydroxylation is 1.